The summed E-state index contributed by atoms with van der Waals surface area (Å²) in [5.74, 6) is -3.92. The molecule has 0 aromatic heterocycles. The number of aromatic carboxylic acids is 1. The van der Waals surface area contributed by atoms with E-state index in [2.05, 4.69) is 15.9 Å². The van der Waals surface area contributed by atoms with Crippen molar-refractivity contribution >= 4 is 39.6 Å². The van der Waals surface area contributed by atoms with Crippen molar-refractivity contribution in [2.45, 2.75) is 18.3 Å². The number of carboxylic acid groups (broad SMARTS) is 1. The Morgan fingerprint density at radius 3 is 2.21 bits per heavy atom. The number of hydrogen-bond acceptors (Lipinski definition) is 1. The van der Waals surface area contributed by atoms with Gasteiger partial charge in [-0.25, -0.2) is 4.79 Å². The molecule has 1 N–H and O–H groups in total. The first-order valence-electron chi connectivity index (χ1n) is 7.44. The zero-order valence-electron chi connectivity index (χ0n) is 13.6. The molecule has 0 aliphatic rings. The molecule has 0 aliphatic heterocycles. The van der Waals surface area contributed by atoms with Gasteiger partial charge in [-0.2, -0.15) is 26.3 Å². The number of halogens is 8. The fourth-order valence-electron chi connectivity index (χ4n) is 2.46. The van der Waals surface area contributed by atoms with E-state index in [1.165, 1.54) is 12.1 Å². The van der Waals surface area contributed by atoms with E-state index in [4.69, 9.17) is 16.7 Å². The molecule has 0 amide bonds. The van der Waals surface area contributed by atoms with Crippen LogP contribution in [0.4, 0.5) is 26.3 Å². The largest absolute Gasteiger partial charge is 0.478 e. The molecule has 2 nitrogen and oxygen atoms in total. The number of carboxylic acids is 1. The monoisotopic (exact) mass is 486 g/mol. The third-order valence-electron chi connectivity index (χ3n) is 3.66. The minimum Gasteiger partial charge on any atom is -0.478 e. The number of rotatable bonds is 4. The van der Waals surface area contributed by atoms with Crippen molar-refractivity contribution in [2.24, 2.45) is 0 Å². The molecular weight excluding hydrogens is 478 g/mol. The quantitative estimate of drug-likeness (QED) is 0.464. The van der Waals surface area contributed by atoms with E-state index < -0.39 is 35.4 Å². The van der Waals surface area contributed by atoms with Gasteiger partial charge in [0.15, 0.2) is 0 Å². The molecule has 0 aliphatic carbocycles. The number of alkyl halides is 6. The van der Waals surface area contributed by atoms with Crippen LogP contribution in [0.1, 0.15) is 33.0 Å². The van der Waals surface area contributed by atoms with Crippen LogP contribution in [0.5, 0.6) is 0 Å². The maximum Gasteiger partial charge on any atom is 0.417 e. The highest BCUT2D eigenvalue weighted by atomic mass is 79.9. The molecule has 28 heavy (non-hydrogen) atoms. The fourth-order valence-corrected chi connectivity index (χ4v) is 3.34. The van der Waals surface area contributed by atoms with Gasteiger partial charge in [0.05, 0.1) is 17.0 Å². The van der Waals surface area contributed by atoms with Gasteiger partial charge in [0.1, 0.15) is 0 Å². The van der Waals surface area contributed by atoms with Crippen LogP contribution in [-0.2, 0) is 6.18 Å². The van der Waals surface area contributed by atoms with Gasteiger partial charge in [-0.1, -0.05) is 45.7 Å². The summed E-state index contributed by atoms with van der Waals surface area (Å²) >= 11 is 8.82. The second kappa shape index (κ2) is 8.16. The van der Waals surface area contributed by atoms with Gasteiger partial charge in [-0.15, -0.1) is 0 Å². The Morgan fingerprint density at radius 2 is 1.71 bits per heavy atom. The van der Waals surface area contributed by atoms with Crippen LogP contribution in [0, 0.1) is 0 Å². The van der Waals surface area contributed by atoms with Crippen LogP contribution in [0.3, 0.4) is 0 Å². The second-order valence-corrected chi connectivity index (χ2v) is 7.04. The molecule has 0 bridgehead atoms. The Labute approximate surface area is 168 Å². The molecule has 0 radical (unpaired) electrons. The third-order valence-corrected chi connectivity index (χ3v) is 4.33. The van der Waals surface area contributed by atoms with Gasteiger partial charge in [-0.3, -0.25) is 0 Å². The lowest BCUT2D eigenvalue weighted by Gasteiger charge is -2.18. The Kier molecular flexibility index (Phi) is 6.50. The molecule has 0 saturated heterocycles. The van der Waals surface area contributed by atoms with Crippen molar-refractivity contribution in [3.8, 4) is 0 Å². The maximum absolute atomic E-state index is 13.4. The normalized spacial score (nSPS) is 13.7. The highest BCUT2D eigenvalue weighted by Crippen LogP contribution is 2.39. The first-order chi connectivity index (χ1) is 12.8. The topological polar surface area (TPSA) is 37.3 Å². The summed E-state index contributed by atoms with van der Waals surface area (Å²) in [6.45, 7) is 0. The van der Waals surface area contributed by atoms with Gasteiger partial charge >= 0.3 is 18.3 Å². The van der Waals surface area contributed by atoms with Crippen molar-refractivity contribution in [3.05, 3.63) is 74.2 Å². The highest BCUT2D eigenvalue weighted by molar-refractivity contribution is 9.10. The average molecular weight is 488 g/mol. The van der Waals surface area contributed by atoms with Gasteiger partial charge < -0.3 is 5.11 Å². The number of allylic oxidation sites excluding steroid dienone is 1. The SMILES string of the molecule is O=C(O)c1ccc(C=CC(c2cc(Cl)cc(Br)c2)C(F)(F)F)cc1C(F)(F)F. The number of carbonyl (C=O) groups is 1. The van der Waals surface area contributed by atoms with Crippen molar-refractivity contribution in [1.29, 1.82) is 0 Å². The van der Waals surface area contributed by atoms with Crippen LogP contribution >= 0.6 is 27.5 Å². The maximum atomic E-state index is 13.4. The fraction of sp³-hybridized carbons (Fsp3) is 0.167. The second-order valence-electron chi connectivity index (χ2n) is 5.69. The molecule has 1 atom stereocenters. The van der Waals surface area contributed by atoms with E-state index >= 15 is 0 Å². The van der Waals surface area contributed by atoms with E-state index in [-0.39, 0.29) is 16.1 Å². The predicted molar refractivity (Wildman–Crippen MR) is 95.4 cm³/mol. The summed E-state index contributed by atoms with van der Waals surface area (Å²) in [7, 11) is 0. The molecule has 1 unspecified atom stereocenters. The Hall–Kier alpha value is -2.00. The van der Waals surface area contributed by atoms with Crippen LogP contribution < -0.4 is 0 Å². The van der Waals surface area contributed by atoms with E-state index in [1.807, 2.05) is 0 Å². The number of benzene rings is 2. The highest BCUT2D eigenvalue weighted by Gasteiger charge is 2.39. The smallest absolute Gasteiger partial charge is 0.417 e. The van der Waals surface area contributed by atoms with E-state index in [1.54, 1.807) is 0 Å². The Balaban J connectivity index is 2.49. The molecule has 2 rings (SSSR count). The molecule has 2 aromatic carbocycles. The molecule has 0 fully saturated rings. The third kappa shape index (κ3) is 5.51. The van der Waals surface area contributed by atoms with Gasteiger partial charge in [0.25, 0.3) is 0 Å². The Morgan fingerprint density at radius 1 is 1.07 bits per heavy atom. The van der Waals surface area contributed by atoms with Crippen molar-refractivity contribution < 1.29 is 36.2 Å². The standard InChI is InChI=1S/C18H10BrClF6O2/c19-11-6-10(7-12(20)8-11)14(17(21,22)23)4-2-9-1-3-13(16(27)28)15(5-9)18(24,25)26/h1-8,14H,(H,27,28). The summed E-state index contributed by atoms with van der Waals surface area (Å²) in [6, 6.07) is 5.87. The molecule has 150 valence electrons. The molecule has 10 heteroatoms. The van der Waals surface area contributed by atoms with E-state index in [0.717, 1.165) is 18.2 Å². The minimum atomic E-state index is -4.97. The summed E-state index contributed by atoms with van der Waals surface area (Å²) < 4.78 is 79.8. The van der Waals surface area contributed by atoms with Crippen LogP contribution in [-0.4, -0.2) is 17.3 Å². The molecule has 0 spiro atoms. The Bertz CT molecular complexity index is 901. The zero-order chi connectivity index (χ0) is 21.3. The van der Waals surface area contributed by atoms with Crippen LogP contribution in [0.25, 0.3) is 6.08 Å². The molecule has 0 saturated carbocycles. The van der Waals surface area contributed by atoms with Gasteiger partial charge in [0.2, 0.25) is 0 Å². The minimum absolute atomic E-state index is 0.0530. The predicted octanol–water partition coefficient (Wildman–Crippen LogP) is 7.18. The van der Waals surface area contributed by atoms with Crippen molar-refractivity contribution in [1.82, 2.24) is 0 Å². The average Bonchev–Trinajstić information content (AvgIpc) is 2.51. The van der Waals surface area contributed by atoms with E-state index in [0.29, 0.717) is 22.7 Å². The number of hydrogen-bond donors (Lipinski definition) is 1. The van der Waals surface area contributed by atoms with Gasteiger partial charge in [-0.05, 0) is 41.5 Å². The lowest BCUT2D eigenvalue weighted by Crippen LogP contribution is -2.19. The van der Waals surface area contributed by atoms with Crippen LogP contribution in [0.2, 0.25) is 5.02 Å². The molecule has 0 heterocycles. The first-order valence-corrected chi connectivity index (χ1v) is 8.61. The summed E-state index contributed by atoms with van der Waals surface area (Å²) in [5, 5.41) is 8.91. The van der Waals surface area contributed by atoms with Crippen molar-refractivity contribution in [3.63, 3.8) is 0 Å². The molecular formula is C18H10BrClF6O2. The van der Waals surface area contributed by atoms with Crippen molar-refractivity contribution in [2.75, 3.05) is 0 Å². The summed E-state index contributed by atoms with van der Waals surface area (Å²) in [5.41, 5.74) is -2.87. The lowest BCUT2D eigenvalue weighted by atomic mass is 9.96. The molecule has 2 aromatic rings. The first kappa shape index (κ1) is 22.3. The lowest BCUT2D eigenvalue weighted by molar-refractivity contribution is -0.139. The summed E-state index contributed by atoms with van der Waals surface area (Å²) in [4.78, 5) is 10.9. The summed E-state index contributed by atoms with van der Waals surface area (Å²) in [6.07, 6.45) is -8.16. The van der Waals surface area contributed by atoms with Crippen LogP contribution in [0.15, 0.2) is 46.9 Å². The van der Waals surface area contributed by atoms with Gasteiger partial charge in [0, 0.05) is 9.50 Å². The van der Waals surface area contributed by atoms with E-state index in [9.17, 15) is 31.1 Å². The zero-order valence-corrected chi connectivity index (χ0v) is 15.9.